The highest BCUT2D eigenvalue weighted by molar-refractivity contribution is 5.88. The lowest BCUT2D eigenvalue weighted by atomic mass is 9.88. The molecule has 1 heterocycles. The maximum atomic E-state index is 14.1. The van der Waals surface area contributed by atoms with Gasteiger partial charge < -0.3 is 35.0 Å². The summed E-state index contributed by atoms with van der Waals surface area (Å²) in [4.78, 5) is 57.3. The minimum absolute atomic E-state index is 0.0801. The van der Waals surface area contributed by atoms with Crippen LogP contribution >= 0.6 is 0 Å². The third-order valence-corrected chi connectivity index (χ3v) is 10.5. The van der Waals surface area contributed by atoms with E-state index in [4.69, 9.17) is 9.47 Å². The SMILES string of the molecule is CCC(=O)NC(C(=O)N(C)C(C1CCCC1)C(CC(=O)N1CCCC1C(OC)C(C)C(=O)NC(C)C(O)c1ccccc1)OC)C(C)C. The number of carbonyl (C=O) groups is 4. The van der Waals surface area contributed by atoms with Crippen LogP contribution in [0.4, 0.5) is 0 Å². The normalized spacial score (nSPS) is 21.2. The first kappa shape index (κ1) is 39.4. The largest absolute Gasteiger partial charge is 0.386 e. The second kappa shape index (κ2) is 18.7. The summed E-state index contributed by atoms with van der Waals surface area (Å²) in [5.74, 6) is -1.23. The van der Waals surface area contributed by atoms with Crippen LogP contribution in [0.3, 0.4) is 0 Å². The van der Waals surface area contributed by atoms with Crippen molar-refractivity contribution in [1.29, 1.82) is 0 Å². The summed E-state index contributed by atoms with van der Waals surface area (Å²) in [6.45, 7) is 9.70. The molecule has 1 aromatic carbocycles. The number of carbonyl (C=O) groups excluding carboxylic acids is 4. The third-order valence-electron chi connectivity index (χ3n) is 10.5. The van der Waals surface area contributed by atoms with E-state index in [9.17, 15) is 24.3 Å². The van der Waals surface area contributed by atoms with Crippen molar-refractivity contribution in [3.05, 3.63) is 35.9 Å². The van der Waals surface area contributed by atoms with Crippen molar-refractivity contribution in [2.24, 2.45) is 17.8 Å². The van der Waals surface area contributed by atoms with Gasteiger partial charge in [-0.25, -0.2) is 0 Å². The Bertz CT molecular complexity index is 1190. The molecular weight excluding hydrogens is 612 g/mol. The van der Waals surface area contributed by atoms with Crippen LogP contribution in [0.25, 0.3) is 0 Å². The molecule has 2 fully saturated rings. The highest BCUT2D eigenvalue weighted by Crippen LogP contribution is 2.35. The molecule has 8 unspecified atom stereocenters. The van der Waals surface area contributed by atoms with E-state index in [0.29, 0.717) is 13.0 Å². The summed E-state index contributed by atoms with van der Waals surface area (Å²) < 4.78 is 11.9. The number of hydrogen-bond acceptors (Lipinski definition) is 7. The van der Waals surface area contributed by atoms with Crippen LogP contribution in [0, 0.1) is 17.8 Å². The number of nitrogens with one attached hydrogen (secondary N) is 2. The number of hydrogen-bond donors (Lipinski definition) is 3. The van der Waals surface area contributed by atoms with Crippen molar-refractivity contribution >= 4 is 23.6 Å². The number of nitrogens with zero attached hydrogens (tertiary/aromatic N) is 2. The maximum absolute atomic E-state index is 14.1. The molecule has 2 aliphatic rings. The number of aliphatic hydroxyl groups is 1. The zero-order chi connectivity index (χ0) is 35.5. The molecule has 1 aromatic rings. The highest BCUT2D eigenvalue weighted by atomic mass is 16.5. The van der Waals surface area contributed by atoms with Gasteiger partial charge in [0.1, 0.15) is 6.04 Å². The first-order chi connectivity index (χ1) is 22.9. The first-order valence-corrected chi connectivity index (χ1v) is 17.8. The molecule has 8 atom stereocenters. The summed E-state index contributed by atoms with van der Waals surface area (Å²) in [6.07, 6.45) is 3.86. The lowest BCUT2D eigenvalue weighted by molar-refractivity contribution is -0.147. The fourth-order valence-electron chi connectivity index (χ4n) is 7.62. The Morgan fingerprint density at radius 1 is 0.958 bits per heavy atom. The topological polar surface area (TPSA) is 138 Å². The average molecular weight is 673 g/mol. The minimum atomic E-state index is -0.865. The molecule has 270 valence electrons. The second-order valence-corrected chi connectivity index (χ2v) is 14.0. The van der Waals surface area contributed by atoms with E-state index >= 15 is 0 Å². The van der Waals surface area contributed by atoms with Crippen LogP contribution in [-0.4, -0.2) is 103 Å². The highest BCUT2D eigenvalue weighted by Gasteiger charge is 2.44. The summed E-state index contributed by atoms with van der Waals surface area (Å²) in [5, 5.41) is 16.6. The van der Waals surface area contributed by atoms with E-state index in [1.54, 1.807) is 46.9 Å². The quantitative estimate of drug-likeness (QED) is 0.229. The maximum Gasteiger partial charge on any atom is 0.245 e. The number of likely N-dealkylation sites (tertiary alicyclic amines) is 1. The molecule has 0 radical (unpaired) electrons. The lowest BCUT2D eigenvalue weighted by Gasteiger charge is -2.41. The molecule has 11 nitrogen and oxygen atoms in total. The first-order valence-electron chi connectivity index (χ1n) is 17.8. The molecule has 0 bridgehead atoms. The fourth-order valence-corrected chi connectivity index (χ4v) is 7.62. The van der Waals surface area contributed by atoms with Crippen LogP contribution in [0.2, 0.25) is 0 Å². The summed E-state index contributed by atoms with van der Waals surface area (Å²) >= 11 is 0. The van der Waals surface area contributed by atoms with E-state index in [2.05, 4.69) is 10.6 Å². The van der Waals surface area contributed by atoms with E-state index < -0.39 is 36.3 Å². The molecule has 1 saturated carbocycles. The molecular formula is C37H60N4O7. The van der Waals surface area contributed by atoms with Crippen LogP contribution in [0.1, 0.15) is 97.7 Å². The number of likely N-dealkylation sites (N-methyl/N-ethyl adjacent to an activating group) is 1. The molecule has 1 aliphatic heterocycles. The van der Waals surface area contributed by atoms with Gasteiger partial charge in [-0.15, -0.1) is 0 Å². The van der Waals surface area contributed by atoms with E-state index in [0.717, 1.165) is 37.7 Å². The number of methoxy groups -OCH3 is 2. The van der Waals surface area contributed by atoms with Crippen molar-refractivity contribution in [3.8, 4) is 0 Å². The van der Waals surface area contributed by atoms with Gasteiger partial charge in [0.2, 0.25) is 23.6 Å². The van der Waals surface area contributed by atoms with Gasteiger partial charge in [-0.05, 0) is 50.0 Å². The van der Waals surface area contributed by atoms with Crippen LogP contribution in [0.15, 0.2) is 30.3 Å². The molecule has 1 saturated heterocycles. The van der Waals surface area contributed by atoms with Gasteiger partial charge in [0.25, 0.3) is 0 Å². The van der Waals surface area contributed by atoms with Crippen LogP contribution < -0.4 is 10.6 Å². The van der Waals surface area contributed by atoms with Crippen molar-refractivity contribution in [3.63, 3.8) is 0 Å². The molecule has 0 aromatic heterocycles. The lowest BCUT2D eigenvalue weighted by Crippen LogP contribution is -2.58. The Morgan fingerprint density at radius 2 is 1.60 bits per heavy atom. The Kier molecular flexibility index (Phi) is 15.3. The predicted octanol–water partition coefficient (Wildman–Crippen LogP) is 3.84. The van der Waals surface area contributed by atoms with E-state index in [1.165, 1.54) is 0 Å². The molecule has 3 rings (SSSR count). The predicted molar refractivity (Wildman–Crippen MR) is 185 cm³/mol. The fraction of sp³-hybridized carbons (Fsp3) is 0.730. The molecule has 11 heteroatoms. The zero-order valence-electron chi connectivity index (χ0n) is 30.3. The van der Waals surface area contributed by atoms with E-state index in [1.807, 2.05) is 49.1 Å². The average Bonchev–Trinajstić information content (AvgIpc) is 3.80. The molecule has 3 N–H and O–H groups in total. The summed E-state index contributed by atoms with van der Waals surface area (Å²) in [5.41, 5.74) is 0.718. The summed E-state index contributed by atoms with van der Waals surface area (Å²) in [6, 6.07) is 7.36. The third kappa shape index (κ3) is 9.79. The number of rotatable bonds is 17. The number of amides is 4. The smallest absolute Gasteiger partial charge is 0.245 e. The van der Waals surface area contributed by atoms with Crippen molar-refractivity contribution in [2.45, 2.75) is 128 Å². The molecule has 4 amide bonds. The van der Waals surface area contributed by atoms with Gasteiger partial charge in [0.05, 0.1) is 48.8 Å². The Balaban J connectivity index is 1.75. The monoisotopic (exact) mass is 672 g/mol. The van der Waals surface area contributed by atoms with Gasteiger partial charge in [-0.1, -0.05) is 70.9 Å². The standard InChI is InChI=1S/C37H60N4O7/c1-9-30(42)39-32(23(2)3)37(46)40(6)33(26-16-13-14-17-26)29(47-7)22-31(43)41-21-15-20-28(41)35(48-8)24(4)36(45)38-25(5)34(44)27-18-11-10-12-19-27/h10-12,18-19,23-26,28-29,32-35,44H,9,13-17,20-22H2,1-8H3,(H,38,45)(H,39,42). The molecule has 48 heavy (non-hydrogen) atoms. The Hall–Kier alpha value is -3.02. The van der Waals surface area contributed by atoms with Gasteiger partial charge in [0.15, 0.2) is 0 Å². The minimum Gasteiger partial charge on any atom is -0.386 e. The number of ether oxygens (including phenoxy) is 2. The number of benzene rings is 1. The molecule has 0 spiro atoms. The van der Waals surface area contributed by atoms with Gasteiger partial charge >= 0.3 is 0 Å². The summed E-state index contributed by atoms with van der Waals surface area (Å²) in [7, 11) is 4.92. The van der Waals surface area contributed by atoms with Crippen LogP contribution in [0.5, 0.6) is 0 Å². The second-order valence-electron chi connectivity index (χ2n) is 14.0. The van der Waals surface area contributed by atoms with Gasteiger partial charge in [0, 0.05) is 34.2 Å². The van der Waals surface area contributed by atoms with Crippen molar-refractivity contribution in [1.82, 2.24) is 20.4 Å². The number of aliphatic hydroxyl groups excluding tert-OH is 1. The van der Waals surface area contributed by atoms with Crippen molar-refractivity contribution in [2.75, 3.05) is 27.8 Å². The van der Waals surface area contributed by atoms with Crippen LogP contribution in [-0.2, 0) is 28.7 Å². The van der Waals surface area contributed by atoms with E-state index in [-0.39, 0.29) is 60.4 Å². The van der Waals surface area contributed by atoms with Gasteiger partial charge in [-0.3, -0.25) is 19.2 Å². The van der Waals surface area contributed by atoms with Crippen molar-refractivity contribution < 1.29 is 33.8 Å². The molecule has 1 aliphatic carbocycles. The Labute approximate surface area is 287 Å². The Morgan fingerprint density at radius 3 is 2.17 bits per heavy atom. The van der Waals surface area contributed by atoms with Gasteiger partial charge in [-0.2, -0.15) is 0 Å². The zero-order valence-corrected chi connectivity index (χ0v) is 30.3.